The molecule has 1 aliphatic carbocycles. The largest absolute Gasteiger partial charge is 0.493 e. The lowest BCUT2D eigenvalue weighted by atomic mass is 10.3. The molecule has 1 heterocycles. The van der Waals surface area contributed by atoms with Gasteiger partial charge in [0.05, 0.1) is 12.4 Å². The van der Waals surface area contributed by atoms with Gasteiger partial charge in [-0.05, 0) is 31.4 Å². The average Bonchev–Trinajstić information content (AvgIpc) is 3.13. The number of rotatable bonds is 7. The van der Waals surface area contributed by atoms with Gasteiger partial charge in [-0.1, -0.05) is 12.8 Å². The fourth-order valence-corrected chi connectivity index (χ4v) is 4.12. The van der Waals surface area contributed by atoms with E-state index in [2.05, 4.69) is 4.72 Å². The van der Waals surface area contributed by atoms with Crippen molar-refractivity contribution in [1.29, 1.82) is 0 Å². The van der Waals surface area contributed by atoms with Crippen molar-refractivity contribution in [2.45, 2.75) is 38.1 Å². The predicted octanol–water partition coefficient (Wildman–Crippen LogP) is 2.05. The average molecular weight is 327 g/mol. The zero-order valence-corrected chi connectivity index (χ0v) is 13.2. The maximum absolute atomic E-state index is 11.9. The van der Waals surface area contributed by atoms with Gasteiger partial charge in [0, 0.05) is 12.1 Å². The number of benzene rings is 1. The fourth-order valence-electron chi connectivity index (χ4n) is 2.76. The van der Waals surface area contributed by atoms with Crippen LogP contribution >= 0.6 is 0 Å². The van der Waals surface area contributed by atoms with Crippen molar-refractivity contribution in [3.8, 4) is 17.2 Å². The van der Waals surface area contributed by atoms with E-state index < -0.39 is 10.0 Å². The van der Waals surface area contributed by atoms with Crippen molar-refractivity contribution in [3.63, 3.8) is 0 Å². The molecule has 3 rings (SSSR count). The molecule has 1 saturated carbocycles. The minimum absolute atomic E-state index is 0.0913. The third kappa shape index (κ3) is 4.04. The summed E-state index contributed by atoms with van der Waals surface area (Å²) < 4.78 is 42.7. The number of fused-ring (bicyclic) bond motifs is 1. The summed E-state index contributed by atoms with van der Waals surface area (Å²) in [5.74, 6) is 2.11. The number of hydrogen-bond donors (Lipinski definition) is 1. The Kier molecular flexibility index (Phi) is 4.73. The molecule has 2 aliphatic rings. The molecule has 0 atom stereocenters. The van der Waals surface area contributed by atoms with Crippen LogP contribution in [-0.4, -0.2) is 33.6 Å². The summed E-state index contributed by atoms with van der Waals surface area (Å²) in [6.45, 7) is 0.578. The molecule has 0 amide bonds. The first-order valence-electron chi connectivity index (χ1n) is 7.65. The molecule has 0 aromatic heterocycles. The highest BCUT2D eigenvalue weighted by Crippen LogP contribution is 2.35. The van der Waals surface area contributed by atoms with E-state index in [1.54, 1.807) is 18.2 Å². The van der Waals surface area contributed by atoms with Crippen molar-refractivity contribution in [2.75, 3.05) is 19.2 Å². The maximum atomic E-state index is 11.9. The zero-order valence-electron chi connectivity index (χ0n) is 12.4. The van der Waals surface area contributed by atoms with E-state index >= 15 is 0 Å². The Morgan fingerprint density at radius 2 is 1.95 bits per heavy atom. The number of sulfonamides is 1. The third-order valence-electron chi connectivity index (χ3n) is 3.87. The molecule has 1 aromatic rings. The topological polar surface area (TPSA) is 73.9 Å². The Balaban J connectivity index is 1.41. The van der Waals surface area contributed by atoms with Gasteiger partial charge < -0.3 is 14.2 Å². The van der Waals surface area contributed by atoms with Crippen molar-refractivity contribution in [2.24, 2.45) is 0 Å². The Labute approximate surface area is 130 Å². The molecule has 0 spiro atoms. The first-order valence-corrected chi connectivity index (χ1v) is 9.30. The predicted molar refractivity (Wildman–Crippen MR) is 81.9 cm³/mol. The summed E-state index contributed by atoms with van der Waals surface area (Å²) in [7, 11) is -3.20. The summed E-state index contributed by atoms with van der Waals surface area (Å²) >= 11 is 0. The minimum Gasteiger partial charge on any atom is -0.493 e. The van der Waals surface area contributed by atoms with Crippen LogP contribution in [0.25, 0.3) is 0 Å². The van der Waals surface area contributed by atoms with Crippen molar-refractivity contribution < 1.29 is 22.6 Å². The minimum atomic E-state index is -3.20. The maximum Gasteiger partial charge on any atom is 0.231 e. The standard InChI is InChI=1S/C15H21NO5S/c17-22(18,16-12-4-1-2-5-12)9-3-8-19-13-6-7-14-15(10-13)21-11-20-14/h6-7,10,12,16H,1-5,8-9,11H2. The molecular formula is C15H21NO5S. The lowest BCUT2D eigenvalue weighted by Crippen LogP contribution is -2.34. The van der Waals surface area contributed by atoms with E-state index in [0.29, 0.717) is 30.3 Å². The first-order chi connectivity index (χ1) is 10.6. The van der Waals surface area contributed by atoms with Crippen LogP contribution in [0.3, 0.4) is 0 Å². The number of nitrogens with one attached hydrogen (secondary N) is 1. The van der Waals surface area contributed by atoms with Crippen molar-refractivity contribution in [1.82, 2.24) is 4.72 Å². The van der Waals surface area contributed by atoms with E-state index in [-0.39, 0.29) is 18.6 Å². The van der Waals surface area contributed by atoms with Crippen LogP contribution in [-0.2, 0) is 10.0 Å². The molecule has 0 radical (unpaired) electrons. The van der Waals surface area contributed by atoms with Crippen LogP contribution in [0.2, 0.25) is 0 Å². The van der Waals surface area contributed by atoms with Crippen LogP contribution in [0.5, 0.6) is 17.2 Å². The Bertz CT molecular complexity index is 610. The van der Waals surface area contributed by atoms with Gasteiger partial charge in [0.1, 0.15) is 5.75 Å². The van der Waals surface area contributed by atoms with Crippen LogP contribution < -0.4 is 18.9 Å². The quantitative estimate of drug-likeness (QED) is 0.776. The van der Waals surface area contributed by atoms with E-state index in [0.717, 1.165) is 25.7 Å². The van der Waals surface area contributed by atoms with Crippen molar-refractivity contribution in [3.05, 3.63) is 18.2 Å². The second-order valence-corrected chi connectivity index (χ2v) is 7.51. The molecule has 0 saturated heterocycles. The smallest absolute Gasteiger partial charge is 0.231 e. The molecule has 6 nitrogen and oxygen atoms in total. The van der Waals surface area contributed by atoms with E-state index in [1.165, 1.54) is 0 Å². The summed E-state index contributed by atoms with van der Waals surface area (Å²) in [6.07, 6.45) is 4.58. The highest BCUT2D eigenvalue weighted by molar-refractivity contribution is 7.89. The van der Waals surface area contributed by atoms with Gasteiger partial charge >= 0.3 is 0 Å². The molecule has 22 heavy (non-hydrogen) atoms. The molecule has 0 unspecified atom stereocenters. The summed E-state index contributed by atoms with van der Waals surface area (Å²) in [5.41, 5.74) is 0. The van der Waals surface area contributed by atoms with Gasteiger partial charge in [-0.25, -0.2) is 13.1 Å². The van der Waals surface area contributed by atoms with Crippen LogP contribution in [0.15, 0.2) is 18.2 Å². The number of ether oxygens (including phenoxy) is 3. The molecule has 1 fully saturated rings. The van der Waals surface area contributed by atoms with Crippen LogP contribution in [0.1, 0.15) is 32.1 Å². The fraction of sp³-hybridized carbons (Fsp3) is 0.600. The van der Waals surface area contributed by atoms with Crippen LogP contribution in [0, 0.1) is 0 Å². The van der Waals surface area contributed by atoms with Gasteiger partial charge in [0.25, 0.3) is 0 Å². The summed E-state index contributed by atoms with van der Waals surface area (Å²) in [4.78, 5) is 0. The van der Waals surface area contributed by atoms with E-state index in [4.69, 9.17) is 14.2 Å². The van der Waals surface area contributed by atoms with E-state index in [9.17, 15) is 8.42 Å². The van der Waals surface area contributed by atoms with Gasteiger partial charge in [-0.15, -0.1) is 0 Å². The molecule has 7 heteroatoms. The van der Waals surface area contributed by atoms with Gasteiger partial charge in [-0.3, -0.25) is 0 Å². The van der Waals surface area contributed by atoms with E-state index in [1.807, 2.05) is 0 Å². The Morgan fingerprint density at radius 1 is 1.18 bits per heavy atom. The highest BCUT2D eigenvalue weighted by Gasteiger charge is 2.21. The zero-order chi connectivity index (χ0) is 15.4. The first kappa shape index (κ1) is 15.4. The molecule has 122 valence electrons. The second-order valence-electron chi connectivity index (χ2n) is 5.64. The molecule has 1 aromatic carbocycles. The normalized spacial score (nSPS) is 17.8. The summed E-state index contributed by atoms with van der Waals surface area (Å²) in [5, 5.41) is 0. The van der Waals surface area contributed by atoms with Gasteiger partial charge in [0.2, 0.25) is 16.8 Å². The molecular weight excluding hydrogens is 306 g/mol. The highest BCUT2D eigenvalue weighted by atomic mass is 32.2. The lowest BCUT2D eigenvalue weighted by Gasteiger charge is -2.12. The summed E-state index contributed by atoms with van der Waals surface area (Å²) in [6, 6.07) is 5.46. The monoisotopic (exact) mass is 327 g/mol. The molecule has 0 bridgehead atoms. The van der Waals surface area contributed by atoms with Gasteiger partial charge in [0.15, 0.2) is 11.5 Å². The Morgan fingerprint density at radius 3 is 2.77 bits per heavy atom. The second kappa shape index (κ2) is 6.75. The molecule has 1 aliphatic heterocycles. The number of hydrogen-bond acceptors (Lipinski definition) is 5. The van der Waals surface area contributed by atoms with Gasteiger partial charge in [-0.2, -0.15) is 0 Å². The molecule has 1 N–H and O–H groups in total. The Hall–Kier alpha value is -1.47. The SMILES string of the molecule is O=S(=O)(CCCOc1ccc2c(c1)OCO2)NC1CCCC1. The van der Waals surface area contributed by atoms with Crippen LogP contribution in [0.4, 0.5) is 0 Å². The lowest BCUT2D eigenvalue weighted by molar-refractivity contribution is 0.173. The third-order valence-corrected chi connectivity index (χ3v) is 5.39. The van der Waals surface area contributed by atoms with Crippen molar-refractivity contribution >= 4 is 10.0 Å².